The topological polar surface area (TPSA) is 184 Å². The van der Waals surface area contributed by atoms with Crippen LogP contribution in [0.5, 0.6) is 0 Å². The smallest absolute Gasteiger partial charge is 0.155 e. The van der Waals surface area contributed by atoms with Gasteiger partial charge in [0.25, 0.3) is 0 Å². The van der Waals surface area contributed by atoms with Gasteiger partial charge in [0.15, 0.2) is 5.65 Å². The SMILES string of the molecule is Cc1cccc(-c2nc3n(c2-c2ccc4ncnn4c2)C2CCC3C2)n1.Cc1cccc(-c2nc3n(c2-c2ccnc(-c4cnn(C)c4)c2)C2CCC3C2)n1.Cc1cccc(-c2nc3n(c2-c2ccnc(-c4cnn(C)c4)c2)[C@H]2CC[C@@H]3C2)n1. The molecule has 0 amide bonds. The van der Waals surface area contributed by atoms with E-state index in [9.17, 15) is 0 Å². The molecule has 12 aromatic heterocycles. The van der Waals surface area contributed by atoms with Crippen LogP contribution in [0.2, 0.25) is 0 Å². The van der Waals surface area contributed by atoms with Crippen molar-refractivity contribution >= 4 is 5.65 Å². The molecule has 84 heavy (non-hydrogen) atoms. The molecule has 0 aromatic carbocycles. The zero-order valence-corrected chi connectivity index (χ0v) is 47.7. The summed E-state index contributed by atoms with van der Waals surface area (Å²) in [6.45, 7) is 6.09. The summed E-state index contributed by atoms with van der Waals surface area (Å²) in [5, 5.41) is 12.9. The second-order valence-electron chi connectivity index (χ2n) is 23.7. The van der Waals surface area contributed by atoms with Crippen molar-refractivity contribution in [3.63, 3.8) is 0 Å². The average Bonchev–Trinajstić information content (AvgIpc) is 4.55. The summed E-state index contributed by atoms with van der Waals surface area (Å²) in [5.74, 6) is 5.44. The van der Waals surface area contributed by atoms with Gasteiger partial charge < -0.3 is 13.7 Å². The number of hydrogen-bond donors (Lipinski definition) is 0. The molecular formula is C66H62N18. The van der Waals surface area contributed by atoms with E-state index in [2.05, 4.69) is 117 Å². The normalized spacial score (nSPS) is 20.0. The van der Waals surface area contributed by atoms with Crippen molar-refractivity contribution in [2.75, 3.05) is 0 Å². The minimum Gasteiger partial charge on any atom is -0.324 e. The number of hydrogen-bond acceptors (Lipinski definition) is 12. The van der Waals surface area contributed by atoms with Crippen molar-refractivity contribution in [1.29, 1.82) is 0 Å². The van der Waals surface area contributed by atoms with Crippen LogP contribution in [0, 0.1) is 20.8 Å². The molecule has 0 spiro atoms. The minimum absolute atomic E-state index is 0.547. The molecule has 18 rings (SSSR count). The molecule has 3 aliphatic carbocycles. The Hall–Kier alpha value is -9.58. The zero-order chi connectivity index (χ0) is 56.3. The molecule has 0 N–H and O–H groups in total. The molecule has 4 unspecified atom stereocenters. The minimum atomic E-state index is 0.547. The third kappa shape index (κ3) is 8.50. The second kappa shape index (κ2) is 19.8. The molecular weight excluding hydrogens is 1040 g/mol. The van der Waals surface area contributed by atoms with Gasteiger partial charge in [0.05, 0.1) is 57.9 Å². The van der Waals surface area contributed by atoms with E-state index in [0.29, 0.717) is 35.9 Å². The van der Waals surface area contributed by atoms with E-state index in [4.69, 9.17) is 29.9 Å². The van der Waals surface area contributed by atoms with Gasteiger partial charge in [-0.2, -0.15) is 15.3 Å². The Labute approximate surface area is 485 Å². The van der Waals surface area contributed by atoms with Crippen LogP contribution in [0.4, 0.5) is 0 Å². The van der Waals surface area contributed by atoms with Gasteiger partial charge in [-0.05, 0) is 151 Å². The van der Waals surface area contributed by atoms with E-state index in [1.165, 1.54) is 92.3 Å². The van der Waals surface area contributed by atoms with Crippen LogP contribution in [-0.2, 0) is 14.1 Å². The molecule has 18 heteroatoms. The predicted molar refractivity (Wildman–Crippen MR) is 320 cm³/mol. The van der Waals surface area contributed by atoms with E-state index in [1.54, 1.807) is 15.7 Å². The Kier molecular flexibility index (Phi) is 11.8. The van der Waals surface area contributed by atoms with Gasteiger partial charge in [-0.1, -0.05) is 18.2 Å². The van der Waals surface area contributed by atoms with Crippen molar-refractivity contribution in [2.45, 2.75) is 114 Å². The lowest BCUT2D eigenvalue weighted by atomic mass is 10.1. The van der Waals surface area contributed by atoms with Crippen molar-refractivity contribution in [3.05, 3.63) is 175 Å². The Morgan fingerprint density at radius 1 is 0.393 bits per heavy atom. The second-order valence-corrected chi connectivity index (χ2v) is 23.7. The van der Waals surface area contributed by atoms with Crippen LogP contribution in [0.1, 0.15) is 128 Å². The van der Waals surface area contributed by atoms with Crippen LogP contribution >= 0.6 is 0 Å². The quantitative estimate of drug-likeness (QED) is 0.140. The van der Waals surface area contributed by atoms with Gasteiger partial charge in [0.2, 0.25) is 0 Å². The van der Waals surface area contributed by atoms with Crippen molar-refractivity contribution in [1.82, 2.24) is 87.7 Å². The first kappa shape index (κ1) is 50.2. The maximum atomic E-state index is 5.13. The molecule has 6 atom stereocenters. The largest absolute Gasteiger partial charge is 0.324 e. The van der Waals surface area contributed by atoms with E-state index in [-0.39, 0.29) is 0 Å². The number of aromatic nitrogens is 18. The number of fused-ring (bicyclic) bond motifs is 16. The molecule has 6 bridgehead atoms. The maximum absolute atomic E-state index is 5.13. The summed E-state index contributed by atoms with van der Waals surface area (Å²) in [6, 6.07) is 32.8. The summed E-state index contributed by atoms with van der Waals surface area (Å²) in [5.41, 5.74) is 20.5. The Balaban J connectivity index is 0.000000103. The van der Waals surface area contributed by atoms with Crippen LogP contribution in [0.25, 0.3) is 96.1 Å². The number of aryl methyl sites for hydroxylation is 5. The van der Waals surface area contributed by atoms with Gasteiger partial charge in [-0.3, -0.25) is 34.3 Å². The van der Waals surface area contributed by atoms with Gasteiger partial charge in [-0.25, -0.2) is 24.5 Å². The summed E-state index contributed by atoms with van der Waals surface area (Å²) in [4.78, 5) is 43.1. The highest BCUT2D eigenvalue weighted by Crippen LogP contribution is 2.55. The van der Waals surface area contributed by atoms with Crippen LogP contribution in [0.15, 0.2) is 141 Å². The third-order valence-electron chi connectivity index (χ3n) is 18.2. The maximum Gasteiger partial charge on any atom is 0.155 e. The fourth-order valence-electron chi connectivity index (χ4n) is 14.5. The Morgan fingerprint density at radius 2 is 0.821 bits per heavy atom. The highest BCUT2D eigenvalue weighted by atomic mass is 15.3. The molecule has 3 fully saturated rings. The predicted octanol–water partition coefficient (Wildman–Crippen LogP) is 12.9. The number of nitrogens with zero attached hydrogens (tertiary/aromatic N) is 18. The van der Waals surface area contributed by atoms with Crippen LogP contribution in [0.3, 0.4) is 0 Å². The summed E-state index contributed by atoms with van der Waals surface area (Å²) >= 11 is 0. The molecule has 18 nitrogen and oxygen atoms in total. The lowest BCUT2D eigenvalue weighted by Gasteiger charge is -2.17. The standard InChI is InChI=1S/2C23H22N6.C20H18N6/c2*1-14-4-3-5-19(26-14)21-22(29-18-7-6-16(10-18)23(29)27-21)15-8-9-24-20(11-15)17-12-25-28(2)13-17;1-12-3-2-4-16(23-12)18-19(14-6-8-17-21-11-22-25(17)10-14)26-15-7-5-13(9-15)20(26)24-18/h2*3-5,8-9,11-13,16,18H,6-7,10H2,1-2H3;2-4,6,8,10-11,13,15H,5,7,9H2,1H3/t16-,18+;;/m1../s1. The molecule has 15 heterocycles. The number of pyridine rings is 6. The number of rotatable bonds is 8. The van der Waals surface area contributed by atoms with Crippen molar-refractivity contribution in [2.24, 2.45) is 14.1 Å². The number of imidazole rings is 3. The first-order valence-electron chi connectivity index (χ1n) is 29.5. The van der Waals surface area contributed by atoms with Gasteiger partial charge in [-0.15, -0.1) is 0 Å². The van der Waals surface area contributed by atoms with E-state index in [0.717, 1.165) is 96.1 Å². The van der Waals surface area contributed by atoms with E-state index < -0.39 is 0 Å². The van der Waals surface area contributed by atoms with Crippen molar-refractivity contribution < 1.29 is 0 Å². The molecule has 12 aromatic rings. The summed E-state index contributed by atoms with van der Waals surface area (Å²) in [6.07, 6.45) is 26.3. The van der Waals surface area contributed by atoms with Crippen molar-refractivity contribution in [3.8, 4) is 90.5 Å². The van der Waals surface area contributed by atoms with Gasteiger partial charge in [0, 0.05) is 126 Å². The first-order chi connectivity index (χ1) is 41.1. The van der Waals surface area contributed by atoms with Gasteiger partial charge in [0.1, 0.15) is 40.9 Å². The monoisotopic (exact) mass is 1110 g/mol. The highest BCUT2D eigenvalue weighted by molar-refractivity contribution is 5.82. The fraction of sp³-hybridized carbons (Fsp3) is 0.303. The summed E-state index contributed by atoms with van der Waals surface area (Å²) in [7, 11) is 3.85. The van der Waals surface area contributed by atoms with Crippen LogP contribution in [-0.4, -0.2) is 87.7 Å². The molecule has 6 aliphatic rings. The Morgan fingerprint density at radius 3 is 1.23 bits per heavy atom. The lowest BCUT2D eigenvalue weighted by molar-refractivity contribution is 0.530. The zero-order valence-electron chi connectivity index (χ0n) is 47.7. The highest BCUT2D eigenvalue weighted by Gasteiger charge is 2.44. The van der Waals surface area contributed by atoms with Gasteiger partial charge >= 0.3 is 0 Å². The lowest BCUT2D eigenvalue weighted by Crippen LogP contribution is -2.08. The average molecular weight is 1110 g/mol. The van der Waals surface area contributed by atoms with Crippen LogP contribution < -0.4 is 0 Å². The molecule has 3 aliphatic heterocycles. The van der Waals surface area contributed by atoms with E-state index >= 15 is 0 Å². The van der Waals surface area contributed by atoms with E-state index in [1.807, 2.05) is 101 Å². The summed E-state index contributed by atoms with van der Waals surface area (Å²) < 4.78 is 12.9. The molecule has 3 saturated carbocycles. The first-order valence-corrected chi connectivity index (χ1v) is 29.5. The third-order valence-corrected chi connectivity index (χ3v) is 18.2. The fourth-order valence-corrected chi connectivity index (χ4v) is 14.5. The Bertz CT molecular complexity index is 4330. The molecule has 416 valence electrons. The molecule has 0 saturated heterocycles. The molecule has 0 radical (unpaired) electrons.